The minimum Gasteiger partial charge on any atom is -0.350 e. The number of halogens is 2. The molecule has 0 saturated carbocycles. The third-order valence-electron chi connectivity index (χ3n) is 5.44. The van der Waals surface area contributed by atoms with E-state index in [4.69, 9.17) is 11.6 Å². The Balaban J connectivity index is 1.85. The van der Waals surface area contributed by atoms with Crippen molar-refractivity contribution in [1.29, 1.82) is 0 Å². The van der Waals surface area contributed by atoms with Gasteiger partial charge < -0.3 is 10.2 Å². The molecular weight excluding hydrogens is 495 g/mol. The third kappa shape index (κ3) is 8.99. The maximum atomic E-state index is 13.6. The second-order valence-electron chi connectivity index (χ2n) is 9.71. The van der Waals surface area contributed by atoms with Crippen molar-refractivity contribution in [2.24, 2.45) is 0 Å². The molecule has 0 fully saturated rings. The maximum Gasteiger partial charge on any atom is 0.243 e. The van der Waals surface area contributed by atoms with Crippen molar-refractivity contribution in [2.75, 3.05) is 5.75 Å². The Bertz CT molecular complexity index is 1130. The molecule has 7 heteroatoms. The van der Waals surface area contributed by atoms with Crippen molar-refractivity contribution in [1.82, 2.24) is 10.2 Å². The standard InChI is InChI=1S/C29H32ClFN2O2S/c1-29(2,3)32-28(35)26(17-21-7-5-4-6-8-21)33(18-22-11-15-25(31)16-12-22)27(34)20-36-19-23-9-13-24(30)14-10-23/h4-16,26H,17-20H2,1-3H3,(H,32,35)/t26-/m1/s1. The molecule has 0 aliphatic rings. The van der Waals surface area contributed by atoms with Crippen molar-refractivity contribution in [3.05, 3.63) is 106 Å². The molecule has 0 aliphatic carbocycles. The Labute approximate surface area is 222 Å². The van der Waals surface area contributed by atoms with Crippen LogP contribution in [-0.4, -0.2) is 34.0 Å². The fourth-order valence-corrected chi connectivity index (χ4v) is 4.71. The number of thioether (sulfide) groups is 1. The molecule has 0 aromatic heterocycles. The predicted octanol–water partition coefficient (Wildman–Crippen LogP) is 6.27. The molecule has 0 spiro atoms. The van der Waals surface area contributed by atoms with Gasteiger partial charge in [-0.15, -0.1) is 11.8 Å². The van der Waals surface area contributed by atoms with E-state index in [0.717, 1.165) is 16.7 Å². The van der Waals surface area contributed by atoms with Crippen molar-refractivity contribution < 1.29 is 14.0 Å². The molecule has 3 aromatic carbocycles. The SMILES string of the molecule is CC(C)(C)NC(=O)[C@@H](Cc1ccccc1)N(Cc1ccc(F)cc1)C(=O)CSCc1ccc(Cl)cc1. The summed E-state index contributed by atoms with van der Waals surface area (Å²) in [5.74, 6) is 0.136. The van der Waals surface area contributed by atoms with Crippen LogP contribution in [-0.2, 0) is 28.3 Å². The summed E-state index contributed by atoms with van der Waals surface area (Å²) in [7, 11) is 0. The number of rotatable bonds is 10. The van der Waals surface area contributed by atoms with Crippen LogP contribution in [0.25, 0.3) is 0 Å². The molecule has 0 heterocycles. The molecule has 0 unspecified atom stereocenters. The number of nitrogens with one attached hydrogen (secondary N) is 1. The maximum absolute atomic E-state index is 13.6. The summed E-state index contributed by atoms with van der Waals surface area (Å²) in [6.45, 7) is 5.95. The van der Waals surface area contributed by atoms with Crippen LogP contribution < -0.4 is 5.32 Å². The van der Waals surface area contributed by atoms with Gasteiger partial charge in [-0.1, -0.05) is 66.2 Å². The largest absolute Gasteiger partial charge is 0.350 e. The molecule has 1 atom stereocenters. The highest BCUT2D eigenvalue weighted by molar-refractivity contribution is 7.99. The Morgan fingerprint density at radius 3 is 2.14 bits per heavy atom. The van der Waals surface area contributed by atoms with E-state index in [1.165, 1.54) is 23.9 Å². The lowest BCUT2D eigenvalue weighted by Gasteiger charge is -2.34. The van der Waals surface area contributed by atoms with Gasteiger partial charge in [0, 0.05) is 29.3 Å². The number of benzene rings is 3. The topological polar surface area (TPSA) is 49.4 Å². The van der Waals surface area contributed by atoms with Crippen LogP contribution in [0, 0.1) is 5.82 Å². The first-order chi connectivity index (χ1) is 17.1. The van der Waals surface area contributed by atoms with E-state index in [0.29, 0.717) is 17.2 Å². The third-order valence-corrected chi connectivity index (χ3v) is 6.68. The number of carbonyl (C=O) groups excluding carboxylic acids is 2. The van der Waals surface area contributed by atoms with E-state index in [1.54, 1.807) is 17.0 Å². The van der Waals surface area contributed by atoms with Gasteiger partial charge in [0.1, 0.15) is 11.9 Å². The van der Waals surface area contributed by atoms with Gasteiger partial charge in [0.2, 0.25) is 11.8 Å². The summed E-state index contributed by atoms with van der Waals surface area (Å²) in [5, 5.41) is 3.71. The molecule has 190 valence electrons. The minimum absolute atomic E-state index is 0.150. The van der Waals surface area contributed by atoms with Crippen LogP contribution in [0.4, 0.5) is 4.39 Å². The summed E-state index contributed by atoms with van der Waals surface area (Å²) < 4.78 is 13.5. The average molecular weight is 527 g/mol. The van der Waals surface area contributed by atoms with Crippen LogP contribution in [0.2, 0.25) is 5.02 Å². The van der Waals surface area contributed by atoms with E-state index in [1.807, 2.05) is 75.4 Å². The molecule has 2 amide bonds. The minimum atomic E-state index is -0.722. The molecule has 0 saturated heterocycles. The van der Waals surface area contributed by atoms with Crippen LogP contribution in [0.5, 0.6) is 0 Å². The Kier molecular flexibility index (Phi) is 9.97. The first-order valence-electron chi connectivity index (χ1n) is 11.8. The van der Waals surface area contributed by atoms with Crippen molar-refractivity contribution >= 4 is 35.2 Å². The summed E-state index contributed by atoms with van der Waals surface area (Å²) in [6, 6.07) is 22.5. The summed E-state index contributed by atoms with van der Waals surface area (Å²) in [6.07, 6.45) is 0.373. The molecule has 3 aromatic rings. The van der Waals surface area contributed by atoms with Crippen LogP contribution in [0.1, 0.15) is 37.5 Å². The predicted molar refractivity (Wildman–Crippen MR) is 146 cm³/mol. The monoisotopic (exact) mass is 526 g/mol. The smallest absolute Gasteiger partial charge is 0.243 e. The van der Waals surface area contributed by atoms with Gasteiger partial charge in [0.15, 0.2) is 0 Å². The quantitative estimate of drug-likeness (QED) is 0.339. The second kappa shape index (κ2) is 12.9. The highest BCUT2D eigenvalue weighted by Gasteiger charge is 2.32. The van der Waals surface area contributed by atoms with E-state index in [9.17, 15) is 14.0 Å². The van der Waals surface area contributed by atoms with Gasteiger partial charge in [-0.2, -0.15) is 0 Å². The molecule has 0 radical (unpaired) electrons. The number of hydrogen-bond acceptors (Lipinski definition) is 3. The van der Waals surface area contributed by atoms with Crippen molar-refractivity contribution in [2.45, 2.75) is 51.1 Å². The fraction of sp³-hybridized carbons (Fsp3) is 0.310. The van der Waals surface area contributed by atoms with Crippen LogP contribution in [0.3, 0.4) is 0 Å². The van der Waals surface area contributed by atoms with E-state index < -0.39 is 11.6 Å². The van der Waals surface area contributed by atoms with E-state index in [-0.39, 0.29) is 29.9 Å². The van der Waals surface area contributed by atoms with Gasteiger partial charge >= 0.3 is 0 Å². The van der Waals surface area contributed by atoms with Gasteiger partial charge in [-0.3, -0.25) is 9.59 Å². The Morgan fingerprint density at radius 2 is 1.53 bits per heavy atom. The second-order valence-corrected chi connectivity index (χ2v) is 11.1. The van der Waals surface area contributed by atoms with Crippen molar-refractivity contribution in [3.8, 4) is 0 Å². The van der Waals surface area contributed by atoms with Gasteiger partial charge in [-0.25, -0.2) is 4.39 Å². The molecular formula is C29H32ClFN2O2S. The number of hydrogen-bond donors (Lipinski definition) is 1. The number of nitrogens with zero attached hydrogens (tertiary/aromatic N) is 1. The molecule has 1 N–H and O–H groups in total. The lowest BCUT2D eigenvalue weighted by Crippen LogP contribution is -2.54. The zero-order valence-electron chi connectivity index (χ0n) is 20.8. The van der Waals surface area contributed by atoms with E-state index in [2.05, 4.69) is 5.32 Å². The number of amides is 2. The zero-order valence-corrected chi connectivity index (χ0v) is 22.4. The summed E-state index contributed by atoms with van der Waals surface area (Å²) in [4.78, 5) is 28.7. The fourth-order valence-electron chi connectivity index (χ4n) is 3.71. The van der Waals surface area contributed by atoms with Gasteiger partial charge in [0.05, 0.1) is 5.75 Å². The molecule has 36 heavy (non-hydrogen) atoms. The average Bonchev–Trinajstić information content (AvgIpc) is 2.83. The molecule has 0 aliphatic heterocycles. The van der Waals surface area contributed by atoms with Crippen LogP contribution in [0.15, 0.2) is 78.9 Å². The normalized spacial score (nSPS) is 12.1. The zero-order chi connectivity index (χ0) is 26.1. The summed E-state index contributed by atoms with van der Waals surface area (Å²) >= 11 is 7.46. The Morgan fingerprint density at radius 1 is 0.917 bits per heavy atom. The van der Waals surface area contributed by atoms with Crippen LogP contribution >= 0.6 is 23.4 Å². The molecule has 0 bridgehead atoms. The van der Waals surface area contributed by atoms with Gasteiger partial charge in [-0.05, 0) is 61.7 Å². The van der Waals surface area contributed by atoms with Gasteiger partial charge in [0.25, 0.3) is 0 Å². The summed E-state index contributed by atoms with van der Waals surface area (Å²) in [5.41, 5.74) is 2.32. The molecule has 4 nitrogen and oxygen atoms in total. The Hall–Kier alpha value is -2.83. The lowest BCUT2D eigenvalue weighted by atomic mass is 10.0. The highest BCUT2D eigenvalue weighted by atomic mass is 35.5. The van der Waals surface area contributed by atoms with E-state index >= 15 is 0 Å². The van der Waals surface area contributed by atoms with Crippen molar-refractivity contribution in [3.63, 3.8) is 0 Å². The number of carbonyl (C=O) groups is 2. The first kappa shape index (κ1) is 27.8. The lowest BCUT2D eigenvalue weighted by molar-refractivity contribution is -0.140. The highest BCUT2D eigenvalue weighted by Crippen LogP contribution is 2.20. The first-order valence-corrected chi connectivity index (χ1v) is 13.4. The molecule has 3 rings (SSSR count).